The Bertz CT molecular complexity index is 508. The summed E-state index contributed by atoms with van der Waals surface area (Å²) in [4.78, 5) is 11.4. The van der Waals surface area contributed by atoms with E-state index in [1.807, 2.05) is 12.1 Å². The molecule has 1 aromatic carbocycles. The first-order valence-corrected chi connectivity index (χ1v) is 8.98. The number of hydrogen-bond acceptors (Lipinski definition) is 1. The van der Waals surface area contributed by atoms with Crippen molar-refractivity contribution < 1.29 is 9.18 Å². The minimum atomic E-state index is -0.160. The summed E-state index contributed by atoms with van der Waals surface area (Å²) >= 11 is 0. The first-order chi connectivity index (χ1) is 11.0. The van der Waals surface area contributed by atoms with E-state index in [4.69, 9.17) is 0 Å². The molecule has 2 rings (SSSR count). The van der Waals surface area contributed by atoms with E-state index in [0.29, 0.717) is 0 Å². The molecule has 1 aromatic rings. The van der Waals surface area contributed by atoms with Crippen LogP contribution in [0.1, 0.15) is 66.4 Å². The van der Waals surface area contributed by atoms with Crippen LogP contribution in [-0.4, -0.2) is 12.5 Å². The Balaban J connectivity index is 0.000000240. The minimum Gasteiger partial charge on any atom is -0.356 e. The summed E-state index contributed by atoms with van der Waals surface area (Å²) in [6, 6.07) is 6.73. The molecule has 136 valence electrons. The molecule has 0 aliphatic carbocycles. The zero-order valence-corrected chi connectivity index (χ0v) is 16.2. The standard InChI is InChI=1S/C11H15F.C10H19NO/c1-11(2,3)8-9-4-6-10(12)7-5-9;1-10(2,3)7-8-5-4-6-11-9(8)12/h4-7H,8H2,1-3H3;8H,4-7H2,1-3H3,(H,11,12)/t;8-/m.0/s1. The molecular weight excluding hydrogens is 301 g/mol. The van der Waals surface area contributed by atoms with Gasteiger partial charge >= 0.3 is 0 Å². The van der Waals surface area contributed by atoms with Gasteiger partial charge in [-0.2, -0.15) is 0 Å². The summed E-state index contributed by atoms with van der Waals surface area (Å²) in [7, 11) is 0. The molecule has 0 spiro atoms. The summed E-state index contributed by atoms with van der Waals surface area (Å²) in [5.74, 6) is 0.364. The van der Waals surface area contributed by atoms with Crippen LogP contribution >= 0.6 is 0 Å². The SMILES string of the molecule is CC(C)(C)C[C@@H]1CCCNC1=O.CC(C)(C)Cc1ccc(F)cc1. The van der Waals surface area contributed by atoms with Gasteiger partial charge in [0, 0.05) is 12.5 Å². The molecule has 1 aliphatic rings. The Morgan fingerprint density at radius 2 is 1.62 bits per heavy atom. The topological polar surface area (TPSA) is 29.1 Å². The number of carbonyl (C=O) groups excluding carboxylic acids is 1. The monoisotopic (exact) mass is 335 g/mol. The van der Waals surface area contributed by atoms with Crippen molar-refractivity contribution in [3.8, 4) is 0 Å². The number of carbonyl (C=O) groups is 1. The van der Waals surface area contributed by atoms with Crippen molar-refractivity contribution in [1.82, 2.24) is 5.32 Å². The Kier molecular flexibility index (Phi) is 7.44. The lowest BCUT2D eigenvalue weighted by Gasteiger charge is -2.28. The van der Waals surface area contributed by atoms with Crippen LogP contribution in [0.25, 0.3) is 0 Å². The van der Waals surface area contributed by atoms with Crippen molar-refractivity contribution in [1.29, 1.82) is 0 Å². The van der Waals surface area contributed by atoms with Crippen LogP contribution in [0.5, 0.6) is 0 Å². The van der Waals surface area contributed by atoms with E-state index >= 15 is 0 Å². The summed E-state index contributed by atoms with van der Waals surface area (Å²) in [5.41, 5.74) is 1.75. The third kappa shape index (κ3) is 9.05. The highest BCUT2D eigenvalue weighted by molar-refractivity contribution is 5.79. The second-order valence-electron chi connectivity index (χ2n) is 9.26. The highest BCUT2D eigenvalue weighted by Gasteiger charge is 2.26. The summed E-state index contributed by atoms with van der Waals surface area (Å²) in [5, 5.41) is 2.92. The minimum absolute atomic E-state index is 0.160. The predicted molar refractivity (Wildman–Crippen MR) is 99.4 cm³/mol. The predicted octanol–water partition coefficient (Wildman–Crippen LogP) is 5.36. The van der Waals surface area contributed by atoms with Gasteiger partial charge in [-0.25, -0.2) is 4.39 Å². The number of hydrogen-bond donors (Lipinski definition) is 1. The molecule has 1 fully saturated rings. The molecule has 1 heterocycles. The van der Waals surface area contributed by atoms with E-state index in [0.717, 1.165) is 32.2 Å². The molecule has 1 atom stereocenters. The van der Waals surface area contributed by atoms with Gasteiger partial charge in [0.15, 0.2) is 0 Å². The Hall–Kier alpha value is -1.38. The first-order valence-electron chi connectivity index (χ1n) is 8.98. The number of nitrogens with one attached hydrogen (secondary N) is 1. The number of benzene rings is 1. The number of halogens is 1. The molecule has 0 unspecified atom stereocenters. The molecule has 0 radical (unpaired) electrons. The van der Waals surface area contributed by atoms with Crippen molar-refractivity contribution in [3.05, 3.63) is 35.6 Å². The molecule has 0 aromatic heterocycles. The normalized spacial score (nSPS) is 18.5. The van der Waals surface area contributed by atoms with E-state index in [2.05, 4.69) is 46.9 Å². The maximum Gasteiger partial charge on any atom is 0.223 e. The molecule has 24 heavy (non-hydrogen) atoms. The maximum atomic E-state index is 12.5. The van der Waals surface area contributed by atoms with E-state index in [-0.39, 0.29) is 28.5 Å². The third-order valence-corrected chi connectivity index (χ3v) is 3.91. The molecular formula is C21H34FNO. The van der Waals surface area contributed by atoms with Crippen molar-refractivity contribution in [2.75, 3.05) is 6.54 Å². The number of amides is 1. The van der Waals surface area contributed by atoms with Gasteiger partial charge in [-0.15, -0.1) is 0 Å². The molecule has 1 aliphatic heterocycles. The van der Waals surface area contributed by atoms with Gasteiger partial charge in [-0.3, -0.25) is 4.79 Å². The van der Waals surface area contributed by atoms with Crippen LogP contribution in [0.2, 0.25) is 0 Å². The van der Waals surface area contributed by atoms with Crippen LogP contribution in [0, 0.1) is 22.6 Å². The van der Waals surface area contributed by atoms with Gasteiger partial charge in [0.2, 0.25) is 5.91 Å². The smallest absolute Gasteiger partial charge is 0.223 e. The molecule has 0 bridgehead atoms. The summed E-state index contributed by atoms with van der Waals surface area (Å²) in [6.07, 6.45) is 4.22. The molecule has 1 amide bonds. The van der Waals surface area contributed by atoms with Crippen molar-refractivity contribution >= 4 is 5.91 Å². The fraction of sp³-hybridized carbons (Fsp3) is 0.667. The fourth-order valence-electron chi connectivity index (χ4n) is 2.98. The van der Waals surface area contributed by atoms with Crippen LogP contribution in [0.15, 0.2) is 24.3 Å². The van der Waals surface area contributed by atoms with Crippen molar-refractivity contribution in [2.45, 2.75) is 67.2 Å². The van der Waals surface area contributed by atoms with Gasteiger partial charge in [-0.1, -0.05) is 53.7 Å². The Labute approximate surface area is 147 Å². The average Bonchev–Trinajstić information content (AvgIpc) is 2.42. The zero-order chi connectivity index (χ0) is 18.4. The van der Waals surface area contributed by atoms with Crippen LogP contribution in [0.3, 0.4) is 0 Å². The molecule has 1 N–H and O–H groups in total. The second kappa shape index (κ2) is 8.64. The van der Waals surface area contributed by atoms with Gasteiger partial charge in [0.05, 0.1) is 0 Å². The lowest BCUT2D eigenvalue weighted by molar-refractivity contribution is -0.127. The molecule has 3 heteroatoms. The van der Waals surface area contributed by atoms with Gasteiger partial charge in [0.25, 0.3) is 0 Å². The van der Waals surface area contributed by atoms with E-state index in [1.165, 1.54) is 17.7 Å². The van der Waals surface area contributed by atoms with E-state index in [9.17, 15) is 9.18 Å². The lowest BCUT2D eigenvalue weighted by atomic mass is 9.81. The van der Waals surface area contributed by atoms with E-state index in [1.54, 1.807) is 0 Å². The third-order valence-electron chi connectivity index (χ3n) is 3.91. The summed E-state index contributed by atoms with van der Waals surface area (Å²) < 4.78 is 12.5. The molecule has 2 nitrogen and oxygen atoms in total. The van der Waals surface area contributed by atoms with E-state index < -0.39 is 0 Å². The van der Waals surface area contributed by atoms with Crippen molar-refractivity contribution in [2.24, 2.45) is 16.7 Å². The molecule has 0 saturated carbocycles. The quantitative estimate of drug-likeness (QED) is 0.774. The van der Waals surface area contributed by atoms with Gasteiger partial charge in [0.1, 0.15) is 5.82 Å². The van der Waals surface area contributed by atoms with Crippen LogP contribution in [0.4, 0.5) is 4.39 Å². The van der Waals surface area contributed by atoms with Crippen LogP contribution in [-0.2, 0) is 11.2 Å². The maximum absolute atomic E-state index is 12.5. The molecule has 1 saturated heterocycles. The van der Waals surface area contributed by atoms with Crippen molar-refractivity contribution in [3.63, 3.8) is 0 Å². The van der Waals surface area contributed by atoms with Crippen LogP contribution < -0.4 is 5.32 Å². The first kappa shape index (κ1) is 20.7. The zero-order valence-electron chi connectivity index (χ0n) is 16.2. The lowest BCUT2D eigenvalue weighted by Crippen LogP contribution is -2.38. The second-order valence-corrected chi connectivity index (χ2v) is 9.26. The van der Waals surface area contributed by atoms with Gasteiger partial charge < -0.3 is 5.32 Å². The Morgan fingerprint density at radius 1 is 1.04 bits per heavy atom. The fourth-order valence-corrected chi connectivity index (χ4v) is 2.98. The number of rotatable bonds is 2. The summed E-state index contributed by atoms with van der Waals surface area (Å²) in [6.45, 7) is 14.0. The Morgan fingerprint density at radius 3 is 2.08 bits per heavy atom. The highest BCUT2D eigenvalue weighted by atomic mass is 19.1. The average molecular weight is 336 g/mol. The highest BCUT2D eigenvalue weighted by Crippen LogP contribution is 2.28. The largest absolute Gasteiger partial charge is 0.356 e. The number of piperidine rings is 1. The van der Waals surface area contributed by atoms with Gasteiger partial charge in [-0.05, 0) is 54.2 Å².